The molecule has 0 fully saturated rings. The maximum atomic E-state index is 12.3. The van der Waals surface area contributed by atoms with Crippen LogP contribution in [0.3, 0.4) is 0 Å². The largest absolute Gasteiger partial charge is 0.433 e. The van der Waals surface area contributed by atoms with E-state index in [1.54, 1.807) is 6.07 Å². The van der Waals surface area contributed by atoms with Gasteiger partial charge in [0.25, 0.3) is 0 Å². The van der Waals surface area contributed by atoms with Gasteiger partial charge < -0.3 is 0 Å². The molecule has 1 aromatic heterocycles. The van der Waals surface area contributed by atoms with Gasteiger partial charge in [-0.05, 0) is 0 Å². The minimum absolute atomic E-state index is 0.0856. The summed E-state index contributed by atoms with van der Waals surface area (Å²) in [7, 11) is 1.20. The predicted octanol–water partition coefficient (Wildman–Crippen LogP) is 1.50. The van der Waals surface area contributed by atoms with E-state index in [4.69, 9.17) is 5.26 Å². The minimum atomic E-state index is -4.45. The van der Waals surface area contributed by atoms with Crippen molar-refractivity contribution < 1.29 is 13.2 Å². The van der Waals surface area contributed by atoms with Gasteiger partial charge in [-0.2, -0.15) is 23.5 Å². The summed E-state index contributed by atoms with van der Waals surface area (Å²) in [5, 5.41) is 11.7. The second-order valence-corrected chi connectivity index (χ2v) is 2.47. The highest BCUT2D eigenvalue weighted by molar-refractivity contribution is 5.23. The van der Waals surface area contributed by atoms with Gasteiger partial charge in [0.1, 0.15) is 5.69 Å². The fourth-order valence-corrected chi connectivity index (χ4v) is 1.06. The summed E-state index contributed by atoms with van der Waals surface area (Å²) in [6, 6.07) is 1.66. The van der Waals surface area contributed by atoms with Gasteiger partial charge >= 0.3 is 6.18 Å². The fourth-order valence-electron chi connectivity index (χ4n) is 1.06. The number of rotatable bonds is 1. The number of nitriles is 1. The van der Waals surface area contributed by atoms with E-state index in [2.05, 4.69) is 5.10 Å². The van der Waals surface area contributed by atoms with Gasteiger partial charge in [0.2, 0.25) is 0 Å². The molecule has 0 radical (unpaired) electrons. The highest BCUT2D eigenvalue weighted by atomic mass is 19.4. The zero-order valence-electron chi connectivity index (χ0n) is 6.76. The lowest BCUT2D eigenvalue weighted by Crippen LogP contribution is -2.14. The van der Waals surface area contributed by atoms with Crippen molar-refractivity contribution in [3.8, 4) is 6.07 Å². The molecule has 0 atom stereocenters. The molecular weight excluding hydrogens is 183 g/mol. The van der Waals surface area contributed by atoms with E-state index in [0.717, 1.165) is 10.9 Å². The Morgan fingerprint density at radius 1 is 1.62 bits per heavy atom. The number of hydrogen-bond donors (Lipinski definition) is 0. The van der Waals surface area contributed by atoms with Crippen LogP contribution in [-0.4, -0.2) is 9.78 Å². The van der Waals surface area contributed by atoms with Crippen LogP contribution < -0.4 is 0 Å². The second kappa shape index (κ2) is 3.09. The molecule has 0 bridgehead atoms. The van der Waals surface area contributed by atoms with E-state index in [9.17, 15) is 13.2 Å². The second-order valence-electron chi connectivity index (χ2n) is 2.47. The van der Waals surface area contributed by atoms with Crippen molar-refractivity contribution >= 4 is 0 Å². The molecule has 1 rings (SSSR count). The fraction of sp³-hybridized carbons (Fsp3) is 0.429. The summed E-state index contributed by atoms with van der Waals surface area (Å²) in [4.78, 5) is 0. The van der Waals surface area contributed by atoms with Gasteiger partial charge in [-0.15, -0.1) is 0 Å². The van der Waals surface area contributed by atoms with Crippen molar-refractivity contribution in [2.75, 3.05) is 0 Å². The molecular formula is C7H6F3N3. The summed E-state index contributed by atoms with van der Waals surface area (Å²) in [5.41, 5.74) is -0.938. The molecule has 0 saturated carbocycles. The van der Waals surface area contributed by atoms with Crippen molar-refractivity contribution in [3.63, 3.8) is 0 Å². The standard InChI is InChI=1S/C7H6F3N3/c1-13-6(7(8,9)10)5(2-3-11)4-12-13/h4H,2H2,1H3. The average molecular weight is 189 g/mol. The number of aromatic nitrogens is 2. The van der Waals surface area contributed by atoms with Crippen molar-refractivity contribution in [2.24, 2.45) is 7.05 Å². The van der Waals surface area contributed by atoms with E-state index < -0.39 is 11.9 Å². The first-order valence-electron chi connectivity index (χ1n) is 3.42. The molecule has 0 amide bonds. The van der Waals surface area contributed by atoms with Crippen molar-refractivity contribution in [1.29, 1.82) is 5.26 Å². The Labute approximate surface area is 72.4 Å². The average Bonchev–Trinajstić information content (AvgIpc) is 2.31. The van der Waals surface area contributed by atoms with Crippen LogP contribution >= 0.6 is 0 Å². The number of halogens is 3. The van der Waals surface area contributed by atoms with E-state index in [1.165, 1.54) is 7.05 Å². The van der Waals surface area contributed by atoms with Gasteiger partial charge in [0.05, 0.1) is 18.7 Å². The molecule has 0 N–H and O–H groups in total. The Morgan fingerprint density at radius 2 is 2.23 bits per heavy atom. The van der Waals surface area contributed by atoms with Gasteiger partial charge in [-0.3, -0.25) is 4.68 Å². The van der Waals surface area contributed by atoms with Crippen molar-refractivity contribution in [3.05, 3.63) is 17.5 Å². The van der Waals surface area contributed by atoms with E-state index in [1.807, 2.05) is 0 Å². The Morgan fingerprint density at radius 3 is 2.69 bits per heavy atom. The van der Waals surface area contributed by atoms with Crippen molar-refractivity contribution in [2.45, 2.75) is 12.6 Å². The number of hydrogen-bond acceptors (Lipinski definition) is 2. The Bertz CT molecular complexity index is 345. The number of nitrogens with zero attached hydrogens (tertiary/aromatic N) is 3. The summed E-state index contributed by atoms with van der Waals surface area (Å²) >= 11 is 0. The lowest BCUT2D eigenvalue weighted by atomic mass is 10.2. The third-order valence-corrected chi connectivity index (χ3v) is 1.55. The lowest BCUT2D eigenvalue weighted by molar-refractivity contribution is -0.144. The Kier molecular flexibility index (Phi) is 2.28. The van der Waals surface area contributed by atoms with Crippen LogP contribution in [0.15, 0.2) is 6.20 Å². The molecule has 3 nitrogen and oxygen atoms in total. The van der Waals surface area contributed by atoms with Crippen LogP contribution in [0.4, 0.5) is 13.2 Å². The predicted molar refractivity (Wildman–Crippen MR) is 37.5 cm³/mol. The van der Waals surface area contributed by atoms with Gasteiger partial charge in [0.15, 0.2) is 0 Å². The summed E-state index contributed by atoms with van der Waals surface area (Å²) in [6.07, 6.45) is -3.66. The zero-order chi connectivity index (χ0) is 10.1. The monoisotopic (exact) mass is 189 g/mol. The third-order valence-electron chi connectivity index (χ3n) is 1.55. The molecule has 0 aliphatic rings. The molecule has 1 aromatic rings. The smallest absolute Gasteiger partial charge is 0.263 e. The summed E-state index contributed by atoms with van der Waals surface area (Å²) < 4.78 is 37.6. The number of aryl methyl sites for hydroxylation is 1. The quantitative estimate of drug-likeness (QED) is 0.671. The molecule has 6 heteroatoms. The summed E-state index contributed by atoms with van der Waals surface area (Å²) in [6.45, 7) is 0. The maximum absolute atomic E-state index is 12.3. The third kappa shape index (κ3) is 1.80. The van der Waals surface area contributed by atoms with Gasteiger partial charge in [0, 0.05) is 12.6 Å². The highest BCUT2D eigenvalue weighted by Crippen LogP contribution is 2.31. The molecule has 0 aliphatic carbocycles. The topological polar surface area (TPSA) is 41.6 Å². The van der Waals surface area contributed by atoms with Gasteiger partial charge in [-0.1, -0.05) is 0 Å². The first-order valence-corrected chi connectivity index (χ1v) is 3.42. The van der Waals surface area contributed by atoms with Crippen LogP contribution in [-0.2, 0) is 19.6 Å². The first-order chi connectivity index (χ1) is 5.96. The van der Waals surface area contributed by atoms with Crippen LogP contribution in [0, 0.1) is 11.3 Å². The molecule has 0 saturated heterocycles. The molecule has 0 aliphatic heterocycles. The molecule has 70 valence electrons. The van der Waals surface area contributed by atoms with E-state index in [-0.39, 0.29) is 12.0 Å². The van der Waals surface area contributed by atoms with E-state index in [0.29, 0.717) is 0 Å². The van der Waals surface area contributed by atoms with Crippen LogP contribution in [0.2, 0.25) is 0 Å². The van der Waals surface area contributed by atoms with Crippen molar-refractivity contribution in [1.82, 2.24) is 9.78 Å². The van der Waals surface area contributed by atoms with Crippen LogP contribution in [0.5, 0.6) is 0 Å². The Hall–Kier alpha value is -1.51. The Balaban J connectivity index is 3.18. The molecule has 13 heavy (non-hydrogen) atoms. The normalized spacial score (nSPS) is 11.3. The first kappa shape index (κ1) is 9.58. The molecule has 0 aromatic carbocycles. The van der Waals surface area contributed by atoms with Crippen LogP contribution in [0.1, 0.15) is 11.3 Å². The zero-order valence-corrected chi connectivity index (χ0v) is 6.76. The molecule has 0 unspecified atom stereocenters. The highest BCUT2D eigenvalue weighted by Gasteiger charge is 2.36. The minimum Gasteiger partial charge on any atom is -0.263 e. The van der Waals surface area contributed by atoms with Crippen LogP contribution in [0.25, 0.3) is 0 Å². The number of alkyl halides is 3. The van der Waals surface area contributed by atoms with Gasteiger partial charge in [-0.25, -0.2) is 0 Å². The SMILES string of the molecule is Cn1ncc(CC#N)c1C(F)(F)F. The molecule has 1 heterocycles. The summed E-state index contributed by atoms with van der Waals surface area (Å²) in [5.74, 6) is 0. The maximum Gasteiger partial charge on any atom is 0.433 e. The molecule has 0 spiro atoms. The van der Waals surface area contributed by atoms with E-state index >= 15 is 0 Å². The lowest BCUT2D eigenvalue weighted by Gasteiger charge is -2.07.